The zero-order chi connectivity index (χ0) is 71.3. The summed E-state index contributed by atoms with van der Waals surface area (Å²) in [5.74, 6) is -1.03. The highest BCUT2D eigenvalue weighted by molar-refractivity contribution is 5.87. The van der Waals surface area contributed by atoms with Gasteiger partial charge in [-0.05, 0) is 131 Å². The lowest BCUT2D eigenvalue weighted by atomic mass is 9.33. The Hall–Kier alpha value is -2.13. The fourth-order valence-electron chi connectivity index (χ4n) is 17.8. The number of ether oxygens (including phenoxy) is 11. The zero-order valence-electron chi connectivity index (χ0n) is 57.5. The summed E-state index contributed by atoms with van der Waals surface area (Å²) in [6.07, 6.45) is -30.2. The average Bonchev–Trinajstić information content (AvgIpc) is 0.675. The third-order valence-electron chi connectivity index (χ3n) is 24.2. The molecule has 29 nitrogen and oxygen atoms in total. The highest BCUT2D eigenvalue weighted by Gasteiger charge is 2.71. The van der Waals surface area contributed by atoms with Crippen LogP contribution < -0.4 is 0 Å². The Morgan fingerprint density at radius 1 is 0.625 bits per heavy atom. The summed E-state index contributed by atoms with van der Waals surface area (Å²) in [5.41, 5.74) is -2.36. The molecule has 3 saturated heterocycles. The summed E-state index contributed by atoms with van der Waals surface area (Å²) in [6.45, 7) is 18.3. The third kappa shape index (κ3) is 15.1. The quantitative estimate of drug-likeness (QED) is 0.0139. The summed E-state index contributed by atoms with van der Waals surface area (Å²) in [6, 6.07) is 0. The molecule has 0 bridgehead atoms. The third-order valence-corrected chi connectivity index (χ3v) is 24.2. The van der Waals surface area contributed by atoms with Crippen LogP contribution in [0.25, 0.3) is 0 Å². The lowest BCUT2D eigenvalue weighted by Crippen LogP contribution is -2.69. The van der Waals surface area contributed by atoms with Gasteiger partial charge in [-0.3, -0.25) is 0 Å². The van der Waals surface area contributed by atoms with Crippen molar-refractivity contribution in [1.82, 2.24) is 0 Å². The van der Waals surface area contributed by atoms with Crippen molar-refractivity contribution in [2.45, 2.75) is 294 Å². The van der Waals surface area contributed by atoms with Gasteiger partial charge in [-0.15, -0.1) is 0 Å². The summed E-state index contributed by atoms with van der Waals surface area (Å²) in [7, 11) is 0. The number of fused-ring (bicyclic) bond motifs is 7. The van der Waals surface area contributed by atoms with E-state index in [0.29, 0.717) is 38.5 Å². The number of carbonyl (C=O) groups excluding carboxylic acids is 1. The van der Waals surface area contributed by atoms with Gasteiger partial charge >= 0.3 is 5.97 Å². The molecule has 8 aliphatic rings. The fraction of sp³-hybridized carbons (Fsp3) is 0.925. The van der Waals surface area contributed by atoms with Crippen molar-refractivity contribution in [2.24, 2.45) is 50.2 Å². The van der Waals surface area contributed by atoms with Crippen LogP contribution in [0.3, 0.4) is 0 Å². The Bertz CT molecular complexity index is 2600. The molecule has 0 spiro atoms. The molecule has 5 aliphatic carbocycles. The van der Waals surface area contributed by atoms with Gasteiger partial charge in [0, 0.05) is 11.0 Å². The van der Waals surface area contributed by atoms with Crippen LogP contribution in [0, 0.1) is 50.2 Å². The lowest BCUT2D eigenvalue weighted by molar-refractivity contribution is -0.372. The van der Waals surface area contributed by atoms with E-state index in [1.807, 2.05) is 13.8 Å². The van der Waals surface area contributed by atoms with Gasteiger partial charge in [0.15, 0.2) is 37.6 Å². The minimum Gasteiger partial charge on any atom is -0.453 e. The molecule has 0 aromatic heterocycles. The van der Waals surface area contributed by atoms with E-state index in [-0.39, 0.29) is 34.8 Å². The summed E-state index contributed by atoms with van der Waals surface area (Å²) >= 11 is 0. The van der Waals surface area contributed by atoms with Crippen LogP contribution in [-0.4, -0.2) is 299 Å². The summed E-state index contributed by atoms with van der Waals surface area (Å²) in [5, 5.41) is 184. The number of carbonyl (C=O) groups is 1. The average molecular weight is 1380 g/mol. The van der Waals surface area contributed by atoms with Gasteiger partial charge < -0.3 is 139 Å². The van der Waals surface area contributed by atoms with E-state index in [4.69, 9.17) is 52.1 Å². The maximum Gasteiger partial charge on any atom is 0.333 e. The minimum atomic E-state index is -1.88. The van der Waals surface area contributed by atoms with Crippen LogP contribution in [0.15, 0.2) is 23.3 Å². The van der Waals surface area contributed by atoms with Gasteiger partial charge in [-0.2, -0.15) is 0 Å². The smallest absolute Gasteiger partial charge is 0.333 e. The van der Waals surface area contributed by atoms with Crippen LogP contribution >= 0.6 is 0 Å². The number of hydrogen-bond acceptors (Lipinski definition) is 29. The molecule has 0 aromatic rings. The topological polar surface area (TPSA) is 463 Å². The molecule has 3 heterocycles. The Balaban J connectivity index is 1.04. The SMILES string of the molecule is C/C=C(/C)C(=O)OC1C(O)[C@H](O[C@H]2CC[C@@]3(C)C(CC[C@]4(C)C3CC=C3C5CC(C)(C)[C@@H](O)[C@H](O)[C@]5(CO[C@@H]5OC(COC(C)OC(CO)[C@@H](O)C(O)CO)[C@@H](O)C(O)C5O[C@@H]5OC(C)[C@H](O)C(O)C5O)CC[C@]34C)C2(C)C)OC(COC(C)OC(CO)[C@@H](O)C(O)CO)[C@H]1O. The highest BCUT2D eigenvalue weighted by Crippen LogP contribution is 2.76. The van der Waals surface area contributed by atoms with Crippen molar-refractivity contribution >= 4 is 5.97 Å². The molecule has 8 rings (SSSR count). The molecule has 3 aliphatic heterocycles. The van der Waals surface area contributed by atoms with E-state index in [1.54, 1.807) is 6.92 Å². The van der Waals surface area contributed by atoms with E-state index < -0.39 is 233 Å². The first-order valence-corrected chi connectivity index (χ1v) is 34.2. The second kappa shape index (κ2) is 31.5. The van der Waals surface area contributed by atoms with Crippen molar-refractivity contribution < 1.29 is 144 Å². The van der Waals surface area contributed by atoms with Gasteiger partial charge in [-0.25, -0.2) is 4.79 Å². The predicted molar refractivity (Wildman–Crippen MR) is 333 cm³/mol. The number of rotatable bonds is 27. The Morgan fingerprint density at radius 2 is 1.19 bits per heavy atom. The highest BCUT2D eigenvalue weighted by atomic mass is 16.8. The second-order valence-electron chi connectivity index (χ2n) is 30.6. The van der Waals surface area contributed by atoms with Gasteiger partial charge in [-0.1, -0.05) is 66.2 Å². The Labute approximate surface area is 561 Å². The molecule has 4 saturated carbocycles. The fourth-order valence-corrected chi connectivity index (χ4v) is 17.8. The molecule has 96 heavy (non-hydrogen) atoms. The Morgan fingerprint density at radius 3 is 1.75 bits per heavy atom. The summed E-state index contributed by atoms with van der Waals surface area (Å²) in [4.78, 5) is 13.3. The van der Waals surface area contributed by atoms with Crippen LogP contribution in [0.1, 0.15) is 134 Å². The molecule has 18 unspecified atom stereocenters. The van der Waals surface area contributed by atoms with Gasteiger partial charge in [0.2, 0.25) is 0 Å². The standard InChI is InChI=1S/C67H114O29/c1-13-30(2)58(85)95-54-49(78)41(28-87-33(5)91-39(26-71)47(76)37(73)24-69)92-60(53(54)82)94-44-17-18-64(10)42(63(44,8)9)16-19-66(12)43(64)15-14-34-35-22-62(6,7)56(83)57(84)67(35,21-20-65(34,66)11)29-88-61-55(96-59-52(81)50(79)45(74)31(3)89-59)51(80)48(77)40(93-61)27-86-32(4)90-38(25-70)46(75)36(72)23-68/h13-14,31-33,35-57,59-61,68-84H,15-29H2,1-12H3/b30-13-/t31?,32?,33?,35?,36?,37?,38?,39?,40?,41?,42?,43?,44-,45-,46-,47-,48+,49+,50?,51?,52?,53?,54?,55?,56-,57-,59-,60-,61+,64-,65+,66+,67-/m0/s1. The molecule has 0 radical (unpaired) electrons. The van der Waals surface area contributed by atoms with E-state index in [2.05, 4.69) is 40.7 Å². The molecule has 17 N–H and O–H groups in total. The number of esters is 1. The Kier molecular flexibility index (Phi) is 26.1. The zero-order valence-corrected chi connectivity index (χ0v) is 57.5. The van der Waals surface area contributed by atoms with Crippen LogP contribution in [0.5, 0.6) is 0 Å². The lowest BCUT2D eigenvalue weighted by Gasteiger charge is -2.72. The van der Waals surface area contributed by atoms with Gasteiger partial charge in [0.25, 0.3) is 0 Å². The van der Waals surface area contributed by atoms with Crippen molar-refractivity contribution in [3.8, 4) is 0 Å². The molecule has 7 fully saturated rings. The van der Waals surface area contributed by atoms with Crippen molar-refractivity contribution in [1.29, 1.82) is 0 Å². The number of allylic oxidation sites excluding steroid dienone is 3. The first kappa shape index (κ1) is 79.6. The van der Waals surface area contributed by atoms with Gasteiger partial charge in [0.1, 0.15) is 97.7 Å². The van der Waals surface area contributed by atoms with Crippen molar-refractivity contribution in [3.63, 3.8) is 0 Å². The molecule has 33 atom stereocenters. The molecule has 29 heteroatoms. The molecule has 556 valence electrons. The van der Waals surface area contributed by atoms with Crippen molar-refractivity contribution in [2.75, 3.05) is 46.2 Å². The first-order valence-electron chi connectivity index (χ1n) is 34.2. The van der Waals surface area contributed by atoms with E-state index in [9.17, 15) is 91.6 Å². The molecule has 0 aromatic carbocycles. The monoisotopic (exact) mass is 1380 g/mol. The predicted octanol–water partition coefficient (Wildman–Crippen LogP) is -1.98. The second-order valence-corrected chi connectivity index (χ2v) is 30.6. The van der Waals surface area contributed by atoms with Gasteiger partial charge in [0.05, 0.1) is 70.7 Å². The maximum absolute atomic E-state index is 13.3. The van der Waals surface area contributed by atoms with Crippen molar-refractivity contribution in [3.05, 3.63) is 23.3 Å². The molecular formula is C67H114O29. The van der Waals surface area contributed by atoms with Crippen LogP contribution in [-0.2, 0) is 56.9 Å². The van der Waals surface area contributed by atoms with E-state index >= 15 is 0 Å². The number of aliphatic hydroxyl groups excluding tert-OH is 17. The number of aliphatic hydroxyl groups is 17. The van der Waals surface area contributed by atoms with Crippen LogP contribution in [0.4, 0.5) is 0 Å². The van der Waals surface area contributed by atoms with E-state index in [0.717, 1.165) is 18.4 Å². The minimum absolute atomic E-state index is 0.0491. The maximum atomic E-state index is 13.3. The normalized spacial score (nSPS) is 44.9. The van der Waals surface area contributed by atoms with E-state index in [1.165, 1.54) is 33.8 Å². The first-order chi connectivity index (χ1) is 44.9. The van der Waals surface area contributed by atoms with Crippen LogP contribution in [0.2, 0.25) is 0 Å². The molecule has 0 amide bonds. The largest absolute Gasteiger partial charge is 0.453 e. The molecular weight excluding hydrogens is 1270 g/mol. The number of hydrogen-bond donors (Lipinski definition) is 17. The summed E-state index contributed by atoms with van der Waals surface area (Å²) < 4.78 is 67.1.